The fraction of sp³-hybridized carbons (Fsp3) is 0.385. The maximum Gasteiger partial charge on any atom is 0.319 e. The van der Waals surface area contributed by atoms with Crippen LogP contribution in [0.2, 0.25) is 0 Å². The Labute approximate surface area is 115 Å². The quantitative estimate of drug-likeness (QED) is 0.653. The maximum atomic E-state index is 11.7. The van der Waals surface area contributed by atoms with E-state index in [-0.39, 0.29) is 23.5 Å². The number of Topliss-reactive ketones (excluding diaryl/α,β-unsaturated/α-hetero) is 1. The summed E-state index contributed by atoms with van der Waals surface area (Å²) in [6, 6.07) is 5.25. The summed E-state index contributed by atoms with van der Waals surface area (Å²) in [4.78, 5) is 32.8. The van der Waals surface area contributed by atoms with Crippen LogP contribution in [0.5, 0.6) is 0 Å². The van der Waals surface area contributed by atoms with E-state index in [9.17, 15) is 19.7 Å². The molecule has 7 nitrogen and oxygen atoms in total. The molecule has 0 aliphatic heterocycles. The highest BCUT2D eigenvalue weighted by Gasteiger charge is 2.20. The van der Waals surface area contributed by atoms with Crippen LogP contribution in [0.3, 0.4) is 0 Å². The molecule has 1 aromatic carbocycles. The van der Waals surface area contributed by atoms with E-state index in [4.69, 9.17) is 0 Å². The number of rotatable bonds is 3. The van der Waals surface area contributed by atoms with E-state index in [0.717, 1.165) is 0 Å². The summed E-state index contributed by atoms with van der Waals surface area (Å²) in [7, 11) is 0. The smallest absolute Gasteiger partial charge is 0.319 e. The van der Waals surface area contributed by atoms with E-state index in [2.05, 4.69) is 10.6 Å². The van der Waals surface area contributed by atoms with Crippen molar-refractivity contribution < 1.29 is 14.5 Å². The van der Waals surface area contributed by atoms with Crippen molar-refractivity contribution in [2.24, 2.45) is 0 Å². The number of nitro benzene ring substituents is 1. The third kappa shape index (κ3) is 3.78. The predicted octanol–water partition coefficient (Wildman–Crippen LogP) is 2.23. The highest BCUT2D eigenvalue weighted by atomic mass is 16.6. The highest BCUT2D eigenvalue weighted by molar-refractivity contribution is 5.89. The zero-order valence-electron chi connectivity index (χ0n) is 10.8. The number of nitrogens with zero attached hydrogens (tertiary/aromatic N) is 1. The van der Waals surface area contributed by atoms with Gasteiger partial charge in [-0.1, -0.05) is 0 Å². The minimum Gasteiger partial charge on any atom is -0.335 e. The third-order valence-electron chi connectivity index (χ3n) is 3.21. The van der Waals surface area contributed by atoms with Crippen molar-refractivity contribution in [1.29, 1.82) is 0 Å². The number of carbonyl (C=O) groups is 2. The molecule has 0 heterocycles. The molecule has 0 unspecified atom stereocenters. The monoisotopic (exact) mass is 277 g/mol. The van der Waals surface area contributed by atoms with Crippen molar-refractivity contribution in [3.8, 4) is 0 Å². The van der Waals surface area contributed by atoms with Crippen LogP contribution in [0.1, 0.15) is 25.7 Å². The number of benzene rings is 1. The number of urea groups is 1. The minimum absolute atomic E-state index is 0.00532. The Morgan fingerprint density at radius 3 is 2.35 bits per heavy atom. The van der Waals surface area contributed by atoms with Gasteiger partial charge in [0.15, 0.2) is 0 Å². The Bertz CT molecular complexity index is 517. The molecule has 0 aromatic heterocycles. The van der Waals surface area contributed by atoms with Crippen LogP contribution in [-0.2, 0) is 4.79 Å². The number of nitrogens with one attached hydrogen (secondary N) is 2. The van der Waals surface area contributed by atoms with Gasteiger partial charge < -0.3 is 10.6 Å². The largest absolute Gasteiger partial charge is 0.335 e. The molecule has 1 aromatic rings. The van der Waals surface area contributed by atoms with Gasteiger partial charge in [-0.15, -0.1) is 0 Å². The molecule has 2 amide bonds. The normalized spacial score (nSPS) is 15.7. The van der Waals surface area contributed by atoms with Gasteiger partial charge in [-0.05, 0) is 25.0 Å². The molecule has 1 saturated carbocycles. The van der Waals surface area contributed by atoms with Gasteiger partial charge in [-0.3, -0.25) is 14.9 Å². The first-order chi connectivity index (χ1) is 9.54. The van der Waals surface area contributed by atoms with Gasteiger partial charge in [0.2, 0.25) is 0 Å². The first-order valence-electron chi connectivity index (χ1n) is 6.38. The van der Waals surface area contributed by atoms with Gasteiger partial charge in [0.05, 0.1) is 4.92 Å². The number of nitro groups is 1. The van der Waals surface area contributed by atoms with Crippen LogP contribution < -0.4 is 10.6 Å². The lowest BCUT2D eigenvalue weighted by molar-refractivity contribution is -0.384. The Kier molecular flexibility index (Phi) is 4.29. The summed E-state index contributed by atoms with van der Waals surface area (Å²) in [5, 5.41) is 15.9. The Morgan fingerprint density at radius 2 is 1.80 bits per heavy atom. The van der Waals surface area contributed by atoms with Gasteiger partial charge in [0.25, 0.3) is 5.69 Å². The molecular weight excluding hydrogens is 262 g/mol. The second-order valence-corrected chi connectivity index (χ2v) is 4.72. The molecule has 106 valence electrons. The van der Waals surface area contributed by atoms with E-state index in [1.165, 1.54) is 24.3 Å². The maximum absolute atomic E-state index is 11.7. The molecule has 1 aliphatic rings. The van der Waals surface area contributed by atoms with Crippen LogP contribution in [0, 0.1) is 10.1 Å². The van der Waals surface area contributed by atoms with Crippen LogP contribution >= 0.6 is 0 Å². The topological polar surface area (TPSA) is 101 Å². The molecule has 1 fully saturated rings. The second-order valence-electron chi connectivity index (χ2n) is 4.72. The minimum atomic E-state index is -0.497. The van der Waals surface area contributed by atoms with Crippen LogP contribution in [-0.4, -0.2) is 22.8 Å². The fourth-order valence-electron chi connectivity index (χ4n) is 2.10. The molecule has 0 saturated heterocycles. The summed E-state index contributed by atoms with van der Waals surface area (Å²) < 4.78 is 0. The van der Waals surface area contributed by atoms with Gasteiger partial charge in [-0.2, -0.15) is 0 Å². The van der Waals surface area contributed by atoms with Gasteiger partial charge >= 0.3 is 6.03 Å². The van der Waals surface area contributed by atoms with E-state index in [0.29, 0.717) is 31.4 Å². The lowest BCUT2D eigenvalue weighted by Crippen LogP contribution is -2.40. The average molecular weight is 277 g/mol. The molecule has 20 heavy (non-hydrogen) atoms. The van der Waals surface area contributed by atoms with Crippen LogP contribution in [0.15, 0.2) is 24.3 Å². The first-order valence-corrected chi connectivity index (χ1v) is 6.38. The molecule has 2 rings (SSSR count). The van der Waals surface area contributed by atoms with Crippen LogP contribution in [0.4, 0.5) is 16.2 Å². The molecule has 0 atom stereocenters. The van der Waals surface area contributed by atoms with Crippen molar-refractivity contribution in [3.05, 3.63) is 34.4 Å². The van der Waals surface area contributed by atoms with Crippen molar-refractivity contribution in [2.75, 3.05) is 5.32 Å². The van der Waals surface area contributed by atoms with Crippen molar-refractivity contribution in [3.63, 3.8) is 0 Å². The third-order valence-corrected chi connectivity index (χ3v) is 3.21. The lowest BCUT2D eigenvalue weighted by Gasteiger charge is -2.22. The summed E-state index contributed by atoms with van der Waals surface area (Å²) >= 11 is 0. The number of amides is 2. The number of ketones is 1. The fourth-order valence-corrected chi connectivity index (χ4v) is 2.10. The summed E-state index contributed by atoms with van der Waals surface area (Å²) in [6.07, 6.45) is 2.32. The number of hydrogen-bond acceptors (Lipinski definition) is 4. The number of non-ortho nitro benzene ring substituents is 1. The predicted molar refractivity (Wildman–Crippen MR) is 72.5 cm³/mol. The number of hydrogen-bond donors (Lipinski definition) is 2. The molecule has 2 N–H and O–H groups in total. The molecule has 0 bridgehead atoms. The van der Waals surface area contributed by atoms with Gasteiger partial charge in [0, 0.05) is 36.7 Å². The van der Waals surface area contributed by atoms with E-state index >= 15 is 0 Å². The van der Waals surface area contributed by atoms with Crippen molar-refractivity contribution in [1.82, 2.24) is 5.32 Å². The van der Waals surface area contributed by atoms with E-state index in [1.807, 2.05) is 0 Å². The number of anilines is 1. The Hall–Kier alpha value is -2.44. The van der Waals surface area contributed by atoms with Crippen molar-refractivity contribution in [2.45, 2.75) is 31.7 Å². The molecular formula is C13H15N3O4. The summed E-state index contributed by atoms with van der Waals surface area (Å²) in [6.45, 7) is 0. The van der Waals surface area contributed by atoms with Crippen LogP contribution in [0.25, 0.3) is 0 Å². The first kappa shape index (κ1) is 14.0. The van der Waals surface area contributed by atoms with Gasteiger partial charge in [-0.25, -0.2) is 4.79 Å². The zero-order valence-corrected chi connectivity index (χ0v) is 10.8. The average Bonchev–Trinajstić information content (AvgIpc) is 2.42. The molecule has 0 radical (unpaired) electrons. The Morgan fingerprint density at radius 1 is 1.20 bits per heavy atom. The van der Waals surface area contributed by atoms with E-state index in [1.54, 1.807) is 0 Å². The molecule has 7 heteroatoms. The highest BCUT2D eigenvalue weighted by Crippen LogP contribution is 2.17. The summed E-state index contributed by atoms with van der Waals surface area (Å²) in [5.74, 6) is 0.235. The Balaban J connectivity index is 1.85. The van der Waals surface area contributed by atoms with Crippen molar-refractivity contribution >= 4 is 23.2 Å². The molecule has 0 spiro atoms. The standard InChI is InChI=1S/C13H15N3O4/c17-12-7-3-10(4-8-12)15-13(18)14-9-1-5-11(6-2-9)16(19)20/h1-2,5-6,10H,3-4,7-8H2,(H2,14,15,18). The van der Waals surface area contributed by atoms with Gasteiger partial charge in [0.1, 0.15) is 5.78 Å². The SMILES string of the molecule is O=C1CCC(NC(=O)Nc2ccc([N+](=O)[O-])cc2)CC1. The summed E-state index contributed by atoms with van der Waals surface area (Å²) in [5.41, 5.74) is 0.460. The van der Waals surface area contributed by atoms with E-state index < -0.39 is 4.92 Å². The molecule has 1 aliphatic carbocycles. The zero-order chi connectivity index (χ0) is 14.5. The lowest BCUT2D eigenvalue weighted by atomic mass is 9.94. The second kappa shape index (κ2) is 6.14. The number of carbonyl (C=O) groups excluding carboxylic acids is 2.